The molecule has 152 valence electrons. The van der Waals surface area contributed by atoms with Crippen molar-refractivity contribution in [1.82, 2.24) is 14.6 Å². The van der Waals surface area contributed by atoms with E-state index in [0.717, 1.165) is 39.4 Å². The van der Waals surface area contributed by atoms with Gasteiger partial charge < -0.3 is 10.1 Å². The molecule has 3 aromatic rings. The van der Waals surface area contributed by atoms with Crippen molar-refractivity contribution in [3.05, 3.63) is 58.0 Å². The molecule has 1 amide bonds. The average Bonchev–Trinajstić information content (AvgIpc) is 3.03. The van der Waals surface area contributed by atoms with Gasteiger partial charge in [-0.15, -0.1) is 0 Å². The Morgan fingerprint density at radius 1 is 1.07 bits per heavy atom. The van der Waals surface area contributed by atoms with Crippen molar-refractivity contribution in [3.8, 4) is 0 Å². The van der Waals surface area contributed by atoms with E-state index in [4.69, 9.17) is 4.74 Å². The minimum Gasteiger partial charge on any atom is -0.456 e. The summed E-state index contributed by atoms with van der Waals surface area (Å²) in [5, 5.41) is 7.18. The number of esters is 1. The van der Waals surface area contributed by atoms with Crippen LogP contribution in [-0.4, -0.2) is 33.1 Å². The van der Waals surface area contributed by atoms with Crippen LogP contribution in [0.1, 0.15) is 40.2 Å². The van der Waals surface area contributed by atoms with Gasteiger partial charge in [0.25, 0.3) is 5.91 Å². The molecular formula is C22H26N4O3. The molecule has 0 aliphatic carbocycles. The lowest BCUT2D eigenvalue weighted by Gasteiger charge is -2.11. The standard InChI is InChI=1S/C22H26N4O3/c1-13-6-7-18(10-14(13)2)24-21(27)12-29-22(28)9-8-19-16(4)23-20-11-15(3)25-26(20)17(19)5/h6-7,10-11H,8-9,12H2,1-5H3,(H,24,27). The fraction of sp³-hybridized carbons (Fsp3) is 0.364. The van der Waals surface area contributed by atoms with Gasteiger partial charge >= 0.3 is 5.97 Å². The van der Waals surface area contributed by atoms with Crippen LogP contribution in [0.2, 0.25) is 0 Å². The summed E-state index contributed by atoms with van der Waals surface area (Å²) in [5.41, 5.74) is 7.42. The number of ether oxygens (including phenoxy) is 1. The summed E-state index contributed by atoms with van der Waals surface area (Å²) >= 11 is 0. The van der Waals surface area contributed by atoms with E-state index in [0.29, 0.717) is 12.1 Å². The lowest BCUT2D eigenvalue weighted by Crippen LogP contribution is -2.21. The third-order valence-corrected chi connectivity index (χ3v) is 5.02. The molecule has 1 N–H and O–H groups in total. The Labute approximate surface area is 170 Å². The number of carbonyl (C=O) groups excluding carboxylic acids is 2. The first-order chi connectivity index (χ1) is 13.7. The number of anilines is 1. The van der Waals surface area contributed by atoms with Crippen molar-refractivity contribution in [2.24, 2.45) is 0 Å². The fourth-order valence-electron chi connectivity index (χ4n) is 3.26. The smallest absolute Gasteiger partial charge is 0.306 e. The Balaban J connectivity index is 1.54. The van der Waals surface area contributed by atoms with E-state index < -0.39 is 5.97 Å². The highest BCUT2D eigenvalue weighted by atomic mass is 16.5. The number of nitrogens with zero attached hydrogens (tertiary/aromatic N) is 3. The molecule has 3 rings (SSSR count). The highest BCUT2D eigenvalue weighted by Crippen LogP contribution is 2.17. The predicted molar refractivity (Wildman–Crippen MR) is 111 cm³/mol. The van der Waals surface area contributed by atoms with Gasteiger partial charge in [0.05, 0.1) is 5.69 Å². The van der Waals surface area contributed by atoms with E-state index >= 15 is 0 Å². The Bertz CT molecular complexity index is 1090. The molecule has 29 heavy (non-hydrogen) atoms. The largest absolute Gasteiger partial charge is 0.456 e. The Kier molecular flexibility index (Phi) is 5.96. The van der Waals surface area contributed by atoms with E-state index in [2.05, 4.69) is 15.4 Å². The quantitative estimate of drug-likeness (QED) is 0.648. The number of benzene rings is 1. The van der Waals surface area contributed by atoms with Crippen molar-refractivity contribution >= 4 is 23.2 Å². The van der Waals surface area contributed by atoms with Crippen molar-refractivity contribution < 1.29 is 14.3 Å². The lowest BCUT2D eigenvalue weighted by molar-refractivity contribution is -0.147. The summed E-state index contributed by atoms with van der Waals surface area (Å²) in [6, 6.07) is 7.58. The van der Waals surface area contributed by atoms with Gasteiger partial charge in [-0.3, -0.25) is 9.59 Å². The van der Waals surface area contributed by atoms with Crippen LogP contribution in [-0.2, 0) is 20.7 Å². The van der Waals surface area contributed by atoms with Gasteiger partial charge in [-0.1, -0.05) is 6.07 Å². The van der Waals surface area contributed by atoms with E-state index in [1.807, 2.05) is 58.9 Å². The van der Waals surface area contributed by atoms with E-state index in [-0.39, 0.29) is 18.9 Å². The van der Waals surface area contributed by atoms with Crippen molar-refractivity contribution in [2.45, 2.75) is 47.5 Å². The van der Waals surface area contributed by atoms with Gasteiger partial charge in [-0.25, -0.2) is 9.50 Å². The monoisotopic (exact) mass is 394 g/mol. The molecule has 0 aliphatic heterocycles. The number of fused-ring (bicyclic) bond motifs is 1. The second-order valence-corrected chi connectivity index (χ2v) is 7.32. The molecule has 0 saturated heterocycles. The number of aromatic nitrogens is 3. The number of hydrogen-bond donors (Lipinski definition) is 1. The Hall–Kier alpha value is -3.22. The average molecular weight is 394 g/mol. The Morgan fingerprint density at radius 3 is 2.55 bits per heavy atom. The molecule has 0 spiro atoms. The van der Waals surface area contributed by atoms with Crippen LogP contribution < -0.4 is 5.32 Å². The zero-order valence-corrected chi connectivity index (χ0v) is 17.5. The summed E-state index contributed by atoms with van der Waals surface area (Å²) < 4.78 is 6.92. The van der Waals surface area contributed by atoms with Crippen molar-refractivity contribution in [1.29, 1.82) is 0 Å². The maximum atomic E-state index is 12.1. The van der Waals surface area contributed by atoms with Crippen LogP contribution in [0, 0.1) is 34.6 Å². The Morgan fingerprint density at radius 2 is 1.83 bits per heavy atom. The summed E-state index contributed by atoms with van der Waals surface area (Å²) in [5.74, 6) is -0.778. The zero-order valence-electron chi connectivity index (χ0n) is 17.5. The number of aryl methyl sites for hydroxylation is 5. The van der Waals surface area contributed by atoms with E-state index in [9.17, 15) is 9.59 Å². The minimum absolute atomic E-state index is 0.173. The molecule has 1 aromatic carbocycles. The number of rotatable bonds is 6. The first-order valence-corrected chi connectivity index (χ1v) is 9.60. The van der Waals surface area contributed by atoms with Gasteiger partial charge in [-0.05, 0) is 69.9 Å². The summed E-state index contributed by atoms with van der Waals surface area (Å²) in [4.78, 5) is 28.7. The topological polar surface area (TPSA) is 85.6 Å². The molecule has 0 atom stereocenters. The normalized spacial score (nSPS) is 10.9. The lowest BCUT2D eigenvalue weighted by atomic mass is 10.1. The third-order valence-electron chi connectivity index (χ3n) is 5.02. The van der Waals surface area contributed by atoms with Crippen LogP contribution >= 0.6 is 0 Å². The number of hydrogen-bond acceptors (Lipinski definition) is 5. The maximum Gasteiger partial charge on any atom is 0.306 e. The van der Waals surface area contributed by atoms with Gasteiger partial charge in [-0.2, -0.15) is 5.10 Å². The number of carbonyl (C=O) groups is 2. The van der Waals surface area contributed by atoms with Gasteiger partial charge in [0, 0.05) is 29.6 Å². The molecule has 0 unspecified atom stereocenters. The molecule has 0 radical (unpaired) electrons. The fourth-order valence-corrected chi connectivity index (χ4v) is 3.26. The highest BCUT2D eigenvalue weighted by molar-refractivity contribution is 5.92. The molecule has 7 nitrogen and oxygen atoms in total. The minimum atomic E-state index is -0.421. The van der Waals surface area contributed by atoms with Crippen LogP contribution in [0.5, 0.6) is 0 Å². The van der Waals surface area contributed by atoms with Crippen molar-refractivity contribution in [2.75, 3.05) is 11.9 Å². The van der Waals surface area contributed by atoms with Crippen molar-refractivity contribution in [3.63, 3.8) is 0 Å². The van der Waals surface area contributed by atoms with Crippen LogP contribution in [0.3, 0.4) is 0 Å². The second-order valence-electron chi connectivity index (χ2n) is 7.32. The number of amides is 1. The summed E-state index contributed by atoms with van der Waals surface area (Å²) in [7, 11) is 0. The van der Waals surface area contributed by atoms with Gasteiger partial charge in [0.1, 0.15) is 0 Å². The van der Waals surface area contributed by atoms with Crippen LogP contribution in [0.25, 0.3) is 5.65 Å². The van der Waals surface area contributed by atoms with E-state index in [1.165, 1.54) is 0 Å². The molecule has 0 saturated carbocycles. The zero-order chi connectivity index (χ0) is 21.1. The van der Waals surface area contributed by atoms with Crippen LogP contribution in [0.4, 0.5) is 5.69 Å². The predicted octanol–water partition coefficient (Wildman–Crippen LogP) is 3.39. The van der Waals surface area contributed by atoms with Crippen LogP contribution in [0.15, 0.2) is 24.3 Å². The van der Waals surface area contributed by atoms with E-state index in [1.54, 1.807) is 4.52 Å². The molecule has 7 heteroatoms. The molecule has 0 bridgehead atoms. The first kappa shape index (κ1) is 20.5. The summed E-state index contributed by atoms with van der Waals surface area (Å²) in [6.07, 6.45) is 0.656. The maximum absolute atomic E-state index is 12.1. The molecule has 2 heterocycles. The molecule has 0 aliphatic rings. The second kappa shape index (κ2) is 8.43. The third kappa shape index (κ3) is 4.80. The molecule has 0 fully saturated rings. The first-order valence-electron chi connectivity index (χ1n) is 9.60. The number of nitrogens with one attached hydrogen (secondary N) is 1. The highest BCUT2D eigenvalue weighted by Gasteiger charge is 2.14. The molecular weight excluding hydrogens is 368 g/mol. The molecule has 2 aromatic heterocycles. The van der Waals surface area contributed by atoms with Gasteiger partial charge in [0.15, 0.2) is 12.3 Å². The SMILES string of the molecule is Cc1cc2nc(C)c(CCC(=O)OCC(=O)Nc3ccc(C)c(C)c3)c(C)n2n1. The van der Waals surface area contributed by atoms with Gasteiger partial charge in [0.2, 0.25) is 0 Å². The summed E-state index contributed by atoms with van der Waals surface area (Å²) in [6.45, 7) is 9.49.